The molecule has 0 aromatic carbocycles. The average Bonchev–Trinajstić information content (AvgIpc) is 2.52. The lowest BCUT2D eigenvalue weighted by atomic mass is 10.2. The molecule has 0 aliphatic carbocycles. The van der Waals surface area contributed by atoms with E-state index in [9.17, 15) is 24.9 Å². The zero-order valence-corrected chi connectivity index (χ0v) is 14.5. The molecule has 0 aromatic heterocycles. The maximum atomic E-state index is 11.4. The van der Waals surface area contributed by atoms with Gasteiger partial charge in [0.25, 0.3) is 0 Å². The number of carboxylic acids is 2. The molecule has 0 saturated heterocycles. The Morgan fingerprint density at radius 3 is 1.75 bits per heavy atom. The molecule has 0 heterocycles. The summed E-state index contributed by atoms with van der Waals surface area (Å²) in [6.07, 6.45) is -2.40. The van der Waals surface area contributed by atoms with Crippen molar-refractivity contribution in [3.63, 3.8) is 0 Å². The highest BCUT2D eigenvalue weighted by Gasteiger charge is 2.29. The summed E-state index contributed by atoms with van der Waals surface area (Å²) in [4.78, 5) is 23.3. The van der Waals surface area contributed by atoms with Gasteiger partial charge in [-0.25, -0.2) is 0 Å². The number of hydrogen-bond donors (Lipinski definition) is 7. The minimum absolute atomic E-state index is 0.0304. The maximum Gasteiger partial charge on any atom is 0.321 e. The first-order chi connectivity index (χ1) is 11.2. The lowest BCUT2D eigenvalue weighted by Gasteiger charge is -2.31. The smallest absolute Gasteiger partial charge is 0.321 e. The number of carbonyl (C=O) groups is 2. The first-order valence-electron chi connectivity index (χ1n) is 7.00. The highest BCUT2D eigenvalue weighted by molar-refractivity contribution is 8.76. The Morgan fingerprint density at radius 1 is 0.917 bits per heavy atom. The van der Waals surface area contributed by atoms with E-state index in [1.54, 1.807) is 0 Å². The largest absolute Gasteiger partial charge is 0.480 e. The van der Waals surface area contributed by atoms with Crippen LogP contribution in [0.4, 0.5) is 0 Å². The van der Waals surface area contributed by atoms with Crippen LogP contribution in [0.1, 0.15) is 0 Å². The van der Waals surface area contributed by atoms with Crippen LogP contribution in [0.5, 0.6) is 0 Å². The van der Waals surface area contributed by atoms with Gasteiger partial charge in [-0.3, -0.25) is 14.5 Å². The van der Waals surface area contributed by atoms with Crippen LogP contribution in [0.3, 0.4) is 0 Å². The van der Waals surface area contributed by atoms with Crippen molar-refractivity contribution in [2.45, 2.75) is 24.3 Å². The van der Waals surface area contributed by atoms with Crippen molar-refractivity contribution < 1.29 is 40.2 Å². The molecule has 0 saturated carbocycles. The van der Waals surface area contributed by atoms with Gasteiger partial charge in [-0.15, -0.1) is 0 Å². The third-order valence-electron chi connectivity index (χ3n) is 2.91. The highest BCUT2D eigenvalue weighted by atomic mass is 33.1. The minimum atomic E-state index is -1.21. The van der Waals surface area contributed by atoms with Crippen molar-refractivity contribution in [2.75, 3.05) is 37.8 Å². The molecule has 3 unspecified atom stereocenters. The van der Waals surface area contributed by atoms with Crippen LogP contribution in [0, 0.1) is 0 Å². The van der Waals surface area contributed by atoms with E-state index in [1.807, 2.05) is 0 Å². The molecule has 0 aliphatic heterocycles. The Kier molecular flexibility index (Phi) is 12.4. The molecule has 4 atom stereocenters. The van der Waals surface area contributed by atoms with Gasteiger partial charge in [0.05, 0.1) is 25.4 Å². The van der Waals surface area contributed by atoms with Gasteiger partial charge in [0.1, 0.15) is 12.1 Å². The number of rotatable bonds is 14. The quantitative estimate of drug-likeness (QED) is 0.120. The predicted molar refractivity (Wildman–Crippen MR) is 89.7 cm³/mol. The van der Waals surface area contributed by atoms with E-state index < -0.39 is 49.4 Å². The zero-order valence-electron chi connectivity index (χ0n) is 12.9. The van der Waals surface area contributed by atoms with Crippen LogP contribution >= 0.6 is 21.6 Å². The first kappa shape index (κ1) is 23.4. The summed E-state index contributed by atoms with van der Waals surface area (Å²) in [6.45, 7) is -1.56. The van der Waals surface area contributed by atoms with Crippen molar-refractivity contribution in [1.29, 1.82) is 0 Å². The molecule has 12 heteroatoms. The lowest BCUT2D eigenvalue weighted by Crippen LogP contribution is -2.50. The fourth-order valence-corrected chi connectivity index (χ4v) is 3.99. The number of aliphatic hydroxyl groups excluding tert-OH is 4. The molecule has 0 fully saturated rings. The van der Waals surface area contributed by atoms with E-state index in [4.69, 9.17) is 21.1 Å². The topological polar surface area (TPSA) is 185 Å². The van der Waals surface area contributed by atoms with Gasteiger partial charge >= 0.3 is 11.9 Å². The normalized spacial score (nSPS) is 16.6. The molecule has 10 nitrogen and oxygen atoms in total. The second-order valence-corrected chi connectivity index (χ2v) is 7.55. The number of carboxylic acid groups (broad SMARTS) is 2. The van der Waals surface area contributed by atoms with E-state index in [-0.39, 0.29) is 24.6 Å². The van der Waals surface area contributed by atoms with E-state index >= 15 is 0 Å². The Hall–Kier alpha value is -0.600. The summed E-state index contributed by atoms with van der Waals surface area (Å²) in [7, 11) is 2.19. The monoisotopic (exact) mass is 388 g/mol. The van der Waals surface area contributed by atoms with Crippen molar-refractivity contribution in [1.82, 2.24) is 4.90 Å². The number of aliphatic hydroxyl groups is 4. The summed E-state index contributed by atoms with van der Waals surface area (Å²) in [5, 5.41) is 54.9. The van der Waals surface area contributed by atoms with Crippen molar-refractivity contribution in [2.24, 2.45) is 5.73 Å². The molecule has 0 radical (unpaired) electrons. The van der Waals surface area contributed by atoms with E-state index in [0.29, 0.717) is 0 Å². The molecule has 0 rings (SSSR count). The number of hydrogen-bond acceptors (Lipinski definition) is 10. The second kappa shape index (κ2) is 12.7. The van der Waals surface area contributed by atoms with Gasteiger partial charge < -0.3 is 36.4 Å². The van der Waals surface area contributed by atoms with Gasteiger partial charge in [0.2, 0.25) is 0 Å². The minimum Gasteiger partial charge on any atom is -0.480 e. The fourth-order valence-electron chi connectivity index (χ4n) is 1.62. The SMILES string of the molecule is NC(CSSC[C@@H](C(=O)O)N(CC(O)CO)CC(O)CO)C(=O)O. The molecule has 0 amide bonds. The van der Waals surface area contributed by atoms with Gasteiger partial charge in [0.15, 0.2) is 0 Å². The number of nitrogens with two attached hydrogens (primary N) is 1. The standard InChI is InChI=1S/C12H24N2O8S2/c13-9(11(19)20)5-23-24-6-10(12(21)22)14(1-7(17)3-15)2-8(18)4-16/h7-10,15-18H,1-6,13H2,(H,19,20)(H,21,22)/t7?,8?,9?,10-/m0/s1. The fraction of sp³-hybridized carbons (Fsp3) is 0.833. The first-order valence-corrected chi connectivity index (χ1v) is 9.49. The molecule has 142 valence electrons. The summed E-state index contributed by atoms with van der Waals surface area (Å²) in [5.41, 5.74) is 5.34. The van der Waals surface area contributed by atoms with E-state index in [2.05, 4.69) is 0 Å². The van der Waals surface area contributed by atoms with Gasteiger partial charge in [0, 0.05) is 24.6 Å². The summed E-state index contributed by atoms with van der Waals surface area (Å²) in [6, 6.07) is -2.17. The van der Waals surface area contributed by atoms with E-state index in [0.717, 1.165) is 21.6 Å². The van der Waals surface area contributed by atoms with Crippen LogP contribution in [0.15, 0.2) is 0 Å². The molecule has 24 heavy (non-hydrogen) atoms. The molecule has 0 bridgehead atoms. The lowest BCUT2D eigenvalue weighted by molar-refractivity contribution is -0.143. The van der Waals surface area contributed by atoms with Crippen LogP contribution < -0.4 is 5.73 Å². The maximum absolute atomic E-state index is 11.4. The highest BCUT2D eigenvalue weighted by Crippen LogP contribution is 2.24. The average molecular weight is 388 g/mol. The van der Waals surface area contributed by atoms with Gasteiger partial charge in [-0.2, -0.15) is 0 Å². The van der Waals surface area contributed by atoms with E-state index in [1.165, 1.54) is 4.90 Å². The number of nitrogens with zero attached hydrogens (tertiary/aromatic N) is 1. The van der Waals surface area contributed by atoms with Crippen LogP contribution in [-0.4, -0.2) is 110 Å². The predicted octanol–water partition coefficient (Wildman–Crippen LogP) is -2.76. The third kappa shape index (κ3) is 9.64. The Morgan fingerprint density at radius 2 is 1.38 bits per heavy atom. The summed E-state index contributed by atoms with van der Waals surface area (Å²) < 4.78 is 0. The Balaban J connectivity index is 4.71. The van der Waals surface area contributed by atoms with Gasteiger partial charge in [-0.1, -0.05) is 21.6 Å². The molecule has 0 aromatic rings. The molecule has 8 N–H and O–H groups in total. The molecule has 0 spiro atoms. The summed E-state index contributed by atoms with van der Waals surface area (Å²) in [5.74, 6) is -2.24. The van der Waals surface area contributed by atoms with Crippen LogP contribution in [0.25, 0.3) is 0 Å². The Labute approximate surface area is 147 Å². The summed E-state index contributed by atoms with van der Waals surface area (Å²) >= 11 is 0. The Bertz CT molecular complexity index is 378. The third-order valence-corrected chi connectivity index (χ3v) is 5.34. The van der Waals surface area contributed by atoms with Crippen molar-refractivity contribution in [3.05, 3.63) is 0 Å². The number of aliphatic carboxylic acids is 2. The molecule has 0 aliphatic rings. The van der Waals surface area contributed by atoms with Crippen LogP contribution in [0.2, 0.25) is 0 Å². The van der Waals surface area contributed by atoms with Crippen LogP contribution in [-0.2, 0) is 9.59 Å². The second-order valence-electron chi connectivity index (χ2n) is 4.99. The molecular formula is C12H24N2O8S2. The van der Waals surface area contributed by atoms with Crippen molar-refractivity contribution in [3.8, 4) is 0 Å². The molecular weight excluding hydrogens is 364 g/mol. The van der Waals surface area contributed by atoms with Gasteiger partial charge in [-0.05, 0) is 0 Å². The zero-order chi connectivity index (χ0) is 18.7. The van der Waals surface area contributed by atoms with Crippen molar-refractivity contribution >= 4 is 33.5 Å².